The average molecular weight is 460 g/mol. The van der Waals surface area contributed by atoms with Crippen LogP contribution in [0.2, 0.25) is 0 Å². The minimum Gasteiger partial charge on any atom is -0.507 e. The predicted octanol–water partition coefficient (Wildman–Crippen LogP) is -1.08. The molecule has 5 atom stereocenters. The molecule has 1 aliphatic carbocycles. The fourth-order valence-corrected chi connectivity index (χ4v) is 3.72. The Balaban J connectivity index is 1.66. The third kappa shape index (κ3) is 3.50. The van der Waals surface area contributed by atoms with Gasteiger partial charge in [-0.2, -0.15) is 0 Å². The van der Waals surface area contributed by atoms with Crippen LogP contribution in [-0.2, 0) is 14.3 Å². The molecule has 33 heavy (non-hydrogen) atoms. The number of aromatic hydroxyl groups is 2. The number of phenols is 2. The van der Waals surface area contributed by atoms with Crippen LogP contribution in [0.1, 0.15) is 42.2 Å². The van der Waals surface area contributed by atoms with Gasteiger partial charge in [0.25, 0.3) is 0 Å². The molecule has 172 valence electrons. The van der Waals surface area contributed by atoms with Gasteiger partial charge in [0, 0.05) is 11.1 Å². The van der Waals surface area contributed by atoms with Crippen LogP contribution in [0.5, 0.6) is 11.5 Å². The SMILES string of the molecule is O=C(OC1OC(C(=O)O)C(O)C(O)C1O)c1cc(O)c2c(c1)C(=O)c1cccc(O)c1C2=O. The minimum absolute atomic E-state index is 0.148. The van der Waals surface area contributed by atoms with Crippen molar-refractivity contribution in [2.45, 2.75) is 30.7 Å². The van der Waals surface area contributed by atoms with Crippen molar-refractivity contribution in [1.29, 1.82) is 0 Å². The molecule has 5 unspecified atom stereocenters. The highest BCUT2D eigenvalue weighted by Crippen LogP contribution is 2.37. The van der Waals surface area contributed by atoms with E-state index in [1.807, 2.05) is 0 Å². The molecular formula is C21H16O12. The maximum atomic E-state index is 12.9. The zero-order chi connectivity index (χ0) is 24.2. The Morgan fingerprint density at radius 3 is 2.18 bits per heavy atom. The zero-order valence-electron chi connectivity index (χ0n) is 16.4. The average Bonchev–Trinajstić information content (AvgIpc) is 2.76. The topological polar surface area (TPSA) is 208 Å². The molecule has 1 saturated heterocycles. The monoisotopic (exact) mass is 460 g/mol. The Kier molecular flexibility index (Phi) is 5.38. The Morgan fingerprint density at radius 2 is 1.52 bits per heavy atom. The van der Waals surface area contributed by atoms with Gasteiger partial charge in [-0.05, 0) is 18.2 Å². The van der Waals surface area contributed by atoms with Gasteiger partial charge < -0.3 is 40.1 Å². The van der Waals surface area contributed by atoms with Crippen LogP contribution in [0.4, 0.5) is 0 Å². The predicted molar refractivity (Wildman–Crippen MR) is 103 cm³/mol. The van der Waals surface area contributed by atoms with Gasteiger partial charge in [0.15, 0.2) is 11.9 Å². The summed E-state index contributed by atoms with van der Waals surface area (Å²) in [5.74, 6) is -5.83. The second-order valence-electron chi connectivity index (χ2n) is 7.42. The molecule has 1 fully saturated rings. The molecule has 0 amide bonds. The molecule has 4 rings (SSSR count). The number of benzene rings is 2. The number of aliphatic hydroxyl groups excluding tert-OH is 3. The number of rotatable bonds is 3. The molecule has 1 aliphatic heterocycles. The van der Waals surface area contributed by atoms with Crippen molar-refractivity contribution in [2.24, 2.45) is 0 Å². The molecule has 2 aromatic rings. The minimum atomic E-state index is -2.02. The summed E-state index contributed by atoms with van der Waals surface area (Å²) in [6, 6.07) is 5.56. The van der Waals surface area contributed by atoms with Crippen molar-refractivity contribution < 1.29 is 59.3 Å². The second-order valence-corrected chi connectivity index (χ2v) is 7.42. The van der Waals surface area contributed by atoms with E-state index in [9.17, 15) is 44.7 Å². The van der Waals surface area contributed by atoms with Crippen LogP contribution in [-0.4, -0.2) is 84.9 Å². The Labute approximate surface area is 183 Å². The molecule has 0 saturated carbocycles. The molecule has 0 spiro atoms. The lowest BCUT2D eigenvalue weighted by atomic mass is 9.82. The molecular weight excluding hydrogens is 444 g/mol. The van der Waals surface area contributed by atoms with Crippen molar-refractivity contribution in [3.8, 4) is 11.5 Å². The van der Waals surface area contributed by atoms with Gasteiger partial charge in [0.05, 0.1) is 16.7 Å². The Morgan fingerprint density at radius 1 is 0.848 bits per heavy atom. The van der Waals surface area contributed by atoms with Crippen LogP contribution in [0.15, 0.2) is 30.3 Å². The molecule has 6 N–H and O–H groups in total. The number of carboxylic acids is 1. The highest BCUT2D eigenvalue weighted by atomic mass is 16.7. The molecule has 1 heterocycles. The number of ketones is 2. The smallest absolute Gasteiger partial charge is 0.340 e. The summed E-state index contributed by atoms with van der Waals surface area (Å²) in [5.41, 5.74) is -1.70. The maximum absolute atomic E-state index is 12.9. The maximum Gasteiger partial charge on any atom is 0.340 e. The number of hydrogen-bond donors (Lipinski definition) is 6. The summed E-state index contributed by atoms with van der Waals surface area (Å²) >= 11 is 0. The number of esters is 1. The van der Waals surface area contributed by atoms with Crippen molar-refractivity contribution in [3.63, 3.8) is 0 Å². The van der Waals surface area contributed by atoms with Gasteiger partial charge in [-0.25, -0.2) is 9.59 Å². The van der Waals surface area contributed by atoms with Crippen LogP contribution in [0.25, 0.3) is 0 Å². The largest absolute Gasteiger partial charge is 0.507 e. The van der Waals surface area contributed by atoms with E-state index in [1.54, 1.807) is 0 Å². The standard InChI is InChI=1S/C21H16O12/c22-9-3-1-2-7-11(9)14(25)12-8(13(7)24)4-6(5-10(12)23)20(31)33-21-17(28)15(26)16(27)18(32-21)19(29)30/h1-5,15-18,21-23,26-28H,(H,29,30). The quantitative estimate of drug-likeness (QED) is 0.258. The first-order valence-electron chi connectivity index (χ1n) is 9.44. The van der Waals surface area contributed by atoms with Crippen molar-refractivity contribution in [1.82, 2.24) is 0 Å². The molecule has 0 radical (unpaired) electrons. The lowest BCUT2D eigenvalue weighted by Crippen LogP contribution is -2.60. The highest BCUT2D eigenvalue weighted by molar-refractivity contribution is 6.30. The van der Waals surface area contributed by atoms with Crippen LogP contribution >= 0.6 is 0 Å². The number of fused-ring (bicyclic) bond motifs is 2. The molecule has 12 heteroatoms. The van der Waals surface area contributed by atoms with E-state index in [1.165, 1.54) is 18.2 Å². The number of carbonyl (C=O) groups is 4. The first-order chi connectivity index (χ1) is 15.5. The van der Waals surface area contributed by atoms with E-state index in [-0.39, 0.29) is 16.7 Å². The summed E-state index contributed by atoms with van der Waals surface area (Å²) in [5, 5.41) is 58.9. The van der Waals surface area contributed by atoms with E-state index < -0.39 is 76.8 Å². The summed E-state index contributed by atoms with van der Waals surface area (Å²) in [6.45, 7) is 0. The van der Waals surface area contributed by atoms with Crippen LogP contribution in [0.3, 0.4) is 0 Å². The number of carboxylic acid groups (broad SMARTS) is 1. The van der Waals surface area contributed by atoms with E-state index in [0.29, 0.717) is 0 Å². The van der Waals surface area contributed by atoms with E-state index >= 15 is 0 Å². The highest BCUT2D eigenvalue weighted by Gasteiger charge is 2.48. The zero-order valence-corrected chi connectivity index (χ0v) is 16.4. The van der Waals surface area contributed by atoms with Crippen molar-refractivity contribution in [3.05, 3.63) is 58.1 Å². The molecule has 2 aromatic carbocycles. The first-order valence-corrected chi connectivity index (χ1v) is 9.44. The lowest BCUT2D eigenvalue weighted by Gasteiger charge is -2.37. The lowest BCUT2D eigenvalue weighted by molar-refractivity contribution is -0.278. The van der Waals surface area contributed by atoms with Crippen molar-refractivity contribution >= 4 is 23.5 Å². The van der Waals surface area contributed by atoms with E-state index in [2.05, 4.69) is 0 Å². The van der Waals surface area contributed by atoms with Crippen molar-refractivity contribution in [2.75, 3.05) is 0 Å². The first kappa shape index (κ1) is 22.4. The number of aliphatic hydroxyl groups is 3. The summed E-state index contributed by atoms with van der Waals surface area (Å²) < 4.78 is 9.75. The van der Waals surface area contributed by atoms with E-state index in [0.717, 1.165) is 12.1 Å². The number of ether oxygens (including phenoxy) is 2. The molecule has 0 bridgehead atoms. The Bertz CT molecular complexity index is 1200. The molecule has 0 aromatic heterocycles. The summed E-state index contributed by atoms with van der Waals surface area (Å²) in [4.78, 5) is 49.4. The van der Waals surface area contributed by atoms with Gasteiger partial charge in [-0.1, -0.05) is 12.1 Å². The van der Waals surface area contributed by atoms with Crippen LogP contribution in [0, 0.1) is 0 Å². The molecule has 12 nitrogen and oxygen atoms in total. The fraction of sp³-hybridized carbons (Fsp3) is 0.238. The number of hydrogen-bond acceptors (Lipinski definition) is 11. The Hall–Kier alpha value is -3.84. The third-order valence-corrected chi connectivity index (χ3v) is 5.38. The van der Waals surface area contributed by atoms with Crippen LogP contribution < -0.4 is 0 Å². The van der Waals surface area contributed by atoms with E-state index in [4.69, 9.17) is 14.6 Å². The number of aliphatic carboxylic acids is 1. The second kappa shape index (κ2) is 7.94. The summed E-state index contributed by atoms with van der Waals surface area (Å²) in [6.07, 6.45) is -10.0. The number of phenolic OH excluding ortho intramolecular Hbond substituents is 2. The number of carbonyl (C=O) groups excluding carboxylic acids is 3. The van der Waals surface area contributed by atoms with Gasteiger partial charge in [0.1, 0.15) is 29.8 Å². The normalized spacial score (nSPS) is 26.3. The van der Waals surface area contributed by atoms with Gasteiger partial charge >= 0.3 is 11.9 Å². The molecule has 2 aliphatic rings. The van der Waals surface area contributed by atoms with Gasteiger partial charge in [-0.3, -0.25) is 9.59 Å². The third-order valence-electron chi connectivity index (χ3n) is 5.38. The fourth-order valence-electron chi connectivity index (χ4n) is 3.72. The van der Waals surface area contributed by atoms with Gasteiger partial charge in [-0.15, -0.1) is 0 Å². The summed E-state index contributed by atoms with van der Waals surface area (Å²) in [7, 11) is 0. The van der Waals surface area contributed by atoms with Gasteiger partial charge in [0.2, 0.25) is 12.1 Å².